The van der Waals surface area contributed by atoms with E-state index in [0.29, 0.717) is 17.7 Å². The molecule has 18 heavy (non-hydrogen) atoms. The summed E-state index contributed by atoms with van der Waals surface area (Å²) in [6, 6.07) is 10.7. The smallest absolute Gasteiger partial charge is 0.338 e. The van der Waals surface area contributed by atoms with E-state index in [0.717, 1.165) is 10.8 Å². The summed E-state index contributed by atoms with van der Waals surface area (Å²) < 4.78 is 5.01. The van der Waals surface area contributed by atoms with Crippen LogP contribution >= 0.6 is 0 Å². The summed E-state index contributed by atoms with van der Waals surface area (Å²) in [5, 5.41) is 1.54. The van der Waals surface area contributed by atoms with Gasteiger partial charge in [0.25, 0.3) is 0 Å². The van der Waals surface area contributed by atoms with E-state index in [1.54, 1.807) is 19.1 Å². The van der Waals surface area contributed by atoms with Crippen LogP contribution in [-0.2, 0) is 4.74 Å². The Kier molecular flexibility index (Phi) is 3.42. The number of carbonyl (C=O) groups excluding carboxylic acids is 2. The van der Waals surface area contributed by atoms with Gasteiger partial charge in [-0.3, -0.25) is 4.79 Å². The average Bonchev–Trinajstić information content (AvgIpc) is 2.37. The predicted molar refractivity (Wildman–Crippen MR) is 69.9 cm³/mol. The molecule has 0 saturated carbocycles. The second kappa shape index (κ2) is 5.00. The molecule has 0 aromatic heterocycles. The number of carbonyl (C=O) groups is 2. The number of rotatable bonds is 3. The molecule has 0 heterocycles. The summed E-state index contributed by atoms with van der Waals surface area (Å²) in [6.45, 7) is 3.62. The normalized spacial score (nSPS) is 10.3. The van der Waals surface area contributed by atoms with Gasteiger partial charge in [-0.05, 0) is 36.8 Å². The van der Waals surface area contributed by atoms with Gasteiger partial charge in [-0.15, -0.1) is 0 Å². The number of benzene rings is 2. The Morgan fingerprint density at radius 3 is 2.11 bits per heavy atom. The van der Waals surface area contributed by atoms with Crippen molar-refractivity contribution < 1.29 is 14.3 Å². The van der Waals surface area contributed by atoms with E-state index < -0.39 is 0 Å². The van der Waals surface area contributed by atoms with Gasteiger partial charge in [0.1, 0.15) is 0 Å². The number of fused-ring (bicyclic) bond motifs is 1. The minimum absolute atomic E-state index is 0.0124. The number of Topliss-reactive ketones (excluding diaryl/α,β-unsaturated/α-hetero) is 1. The highest BCUT2D eigenvalue weighted by molar-refractivity contribution is 6.12. The standard InChI is InChI=1S/C15H14O3/c1-3-18-15(17)14-9-8-11(10(2)16)12-6-4-5-7-13(12)14/h4-9H,3H2,1-2H3. The highest BCUT2D eigenvalue weighted by Crippen LogP contribution is 2.23. The van der Waals surface area contributed by atoms with Crippen molar-refractivity contribution in [1.82, 2.24) is 0 Å². The van der Waals surface area contributed by atoms with Crippen LogP contribution in [0.15, 0.2) is 36.4 Å². The fourth-order valence-electron chi connectivity index (χ4n) is 1.99. The van der Waals surface area contributed by atoms with Crippen molar-refractivity contribution in [1.29, 1.82) is 0 Å². The first-order chi connectivity index (χ1) is 8.65. The SMILES string of the molecule is CCOC(=O)c1ccc(C(C)=O)c2ccccc12. The average molecular weight is 242 g/mol. The summed E-state index contributed by atoms with van der Waals surface area (Å²) in [7, 11) is 0. The summed E-state index contributed by atoms with van der Waals surface area (Å²) >= 11 is 0. The van der Waals surface area contributed by atoms with Crippen LogP contribution < -0.4 is 0 Å². The van der Waals surface area contributed by atoms with Gasteiger partial charge in [-0.2, -0.15) is 0 Å². The monoisotopic (exact) mass is 242 g/mol. The zero-order chi connectivity index (χ0) is 13.1. The summed E-state index contributed by atoms with van der Waals surface area (Å²) in [5.41, 5.74) is 1.12. The predicted octanol–water partition coefficient (Wildman–Crippen LogP) is 3.22. The van der Waals surface area contributed by atoms with Crippen LogP contribution in [0.3, 0.4) is 0 Å². The molecule has 0 atom stereocenters. The fraction of sp³-hybridized carbons (Fsp3) is 0.200. The zero-order valence-electron chi connectivity index (χ0n) is 10.4. The minimum atomic E-state index is -0.358. The second-order valence-corrected chi connectivity index (χ2v) is 3.98. The van der Waals surface area contributed by atoms with E-state index >= 15 is 0 Å². The van der Waals surface area contributed by atoms with E-state index in [4.69, 9.17) is 4.74 Å². The van der Waals surface area contributed by atoms with Crippen LogP contribution in [0.1, 0.15) is 34.6 Å². The lowest BCUT2D eigenvalue weighted by atomic mass is 9.98. The summed E-state index contributed by atoms with van der Waals surface area (Å²) in [5.74, 6) is -0.370. The number of ketones is 1. The van der Waals surface area contributed by atoms with E-state index in [9.17, 15) is 9.59 Å². The number of hydrogen-bond donors (Lipinski definition) is 0. The molecule has 2 aromatic carbocycles. The van der Waals surface area contributed by atoms with Crippen molar-refractivity contribution in [2.45, 2.75) is 13.8 Å². The van der Waals surface area contributed by atoms with Gasteiger partial charge in [0.15, 0.2) is 5.78 Å². The quantitative estimate of drug-likeness (QED) is 0.613. The minimum Gasteiger partial charge on any atom is -0.462 e. The fourth-order valence-corrected chi connectivity index (χ4v) is 1.99. The third-order valence-electron chi connectivity index (χ3n) is 2.80. The largest absolute Gasteiger partial charge is 0.462 e. The Labute approximate surface area is 105 Å². The van der Waals surface area contributed by atoms with Crippen molar-refractivity contribution in [3.8, 4) is 0 Å². The van der Waals surface area contributed by atoms with Crippen LogP contribution in [0, 0.1) is 0 Å². The van der Waals surface area contributed by atoms with Gasteiger partial charge in [0, 0.05) is 5.56 Å². The maximum atomic E-state index is 11.8. The second-order valence-electron chi connectivity index (χ2n) is 3.98. The van der Waals surface area contributed by atoms with Crippen molar-refractivity contribution >= 4 is 22.5 Å². The lowest BCUT2D eigenvalue weighted by Gasteiger charge is -2.08. The lowest BCUT2D eigenvalue weighted by molar-refractivity contribution is 0.0528. The summed E-state index contributed by atoms with van der Waals surface area (Å²) in [6.07, 6.45) is 0. The van der Waals surface area contributed by atoms with Crippen LogP contribution in [0.2, 0.25) is 0 Å². The summed E-state index contributed by atoms with van der Waals surface area (Å²) in [4.78, 5) is 23.4. The molecule has 0 spiro atoms. The molecule has 0 aliphatic heterocycles. The molecule has 92 valence electrons. The molecule has 0 N–H and O–H groups in total. The molecule has 0 amide bonds. The van der Waals surface area contributed by atoms with E-state index in [-0.39, 0.29) is 11.8 Å². The van der Waals surface area contributed by atoms with Gasteiger partial charge >= 0.3 is 5.97 Å². The number of hydrogen-bond acceptors (Lipinski definition) is 3. The Hall–Kier alpha value is -2.16. The van der Waals surface area contributed by atoms with Crippen LogP contribution in [-0.4, -0.2) is 18.4 Å². The molecule has 0 fully saturated rings. The molecular weight excluding hydrogens is 228 g/mol. The zero-order valence-corrected chi connectivity index (χ0v) is 10.4. The first-order valence-corrected chi connectivity index (χ1v) is 5.85. The molecule has 0 radical (unpaired) electrons. The van der Waals surface area contributed by atoms with Gasteiger partial charge in [-0.25, -0.2) is 4.79 Å². The van der Waals surface area contributed by atoms with E-state index in [2.05, 4.69) is 0 Å². The van der Waals surface area contributed by atoms with E-state index in [1.165, 1.54) is 6.92 Å². The Balaban J connectivity index is 2.68. The van der Waals surface area contributed by atoms with Crippen LogP contribution in [0.5, 0.6) is 0 Å². The lowest BCUT2D eigenvalue weighted by Crippen LogP contribution is -2.06. The Morgan fingerprint density at radius 2 is 1.56 bits per heavy atom. The first-order valence-electron chi connectivity index (χ1n) is 5.85. The van der Waals surface area contributed by atoms with Crippen molar-refractivity contribution in [2.24, 2.45) is 0 Å². The molecule has 2 aromatic rings. The Morgan fingerprint density at radius 1 is 1.00 bits per heavy atom. The van der Waals surface area contributed by atoms with Gasteiger partial charge in [-0.1, -0.05) is 24.3 Å². The molecule has 0 saturated heterocycles. The van der Waals surface area contributed by atoms with Gasteiger partial charge < -0.3 is 4.74 Å². The highest BCUT2D eigenvalue weighted by atomic mass is 16.5. The molecule has 0 aliphatic carbocycles. The molecule has 0 aliphatic rings. The molecule has 3 heteroatoms. The van der Waals surface area contributed by atoms with Crippen molar-refractivity contribution in [3.05, 3.63) is 47.5 Å². The maximum absolute atomic E-state index is 11.8. The topological polar surface area (TPSA) is 43.4 Å². The molecule has 0 bridgehead atoms. The van der Waals surface area contributed by atoms with Gasteiger partial charge in [0.05, 0.1) is 12.2 Å². The van der Waals surface area contributed by atoms with E-state index in [1.807, 2.05) is 24.3 Å². The number of ether oxygens (including phenoxy) is 1. The maximum Gasteiger partial charge on any atom is 0.338 e. The third-order valence-corrected chi connectivity index (χ3v) is 2.80. The van der Waals surface area contributed by atoms with Crippen molar-refractivity contribution in [2.75, 3.05) is 6.61 Å². The molecule has 3 nitrogen and oxygen atoms in total. The molecular formula is C15H14O3. The Bertz CT molecular complexity index is 614. The molecule has 2 rings (SSSR count). The van der Waals surface area contributed by atoms with Crippen molar-refractivity contribution in [3.63, 3.8) is 0 Å². The van der Waals surface area contributed by atoms with Crippen LogP contribution in [0.4, 0.5) is 0 Å². The third kappa shape index (κ3) is 2.12. The van der Waals surface area contributed by atoms with Crippen LogP contribution in [0.25, 0.3) is 10.8 Å². The molecule has 0 unspecified atom stereocenters. The first kappa shape index (κ1) is 12.3. The highest BCUT2D eigenvalue weighted by Gasteiger charge is 2.14. The number of esters is 1. The van der Waals surface area contributed by atoms with Gasteiger partial charge in [0.2, 0.25) is 0 Å².